The van der Waals surface area contributed by atoms with Crippen LogP contribution in [0, 0.1) is 6.92 Å². The van der Waals surface area contributed by atoms with Crippen LogP contribution in [0.5, 0.6) is 0 Å². The summed E-state index contributed by atoms with van der Waals surface area (Å²) in [5.74, 6) is 0.497. The second-order valence-electron chi connectivity index (χ2n) is 7.58. The smallest absolute Gasteiger partial charge is 0.221 e. The van der Waals surface area contributed by atoms with E-state index in [0.29, 0.717) is 6.54 Å². The second-order valence-corrected chi connectivity index (χ2v) is 9.69. The molecule has 29 heavy (non-hydrogen) atoms. The first-order valence-electron chi connectivity index (χ1n) is 10.2. The van der Waals surface area contributed by atoms with Gasteiger partial charge in [-0.2, -0.15) is 0 Å². The molecule has 1 aromatic carbocycles. The van der Waals surface area contributed by atoms with Gasteiger partial charge in [0.25, 0.3) is 0 Å². The van der Waals surface area contributed by atoms with Gasteiger partial charge in [-0.15, -0.1) is 0 Å². The standard InChI is InChI=1S/C22H29N3O3S/c1-18-6-9-20(10-7-18)29(27,28)15-12-22(26)24-17-19-8-11-21(23-16-19)25-13-4-2-3-5-14-25/h6-11,16H,2-5,12-15,17H2,1H3,(H,24,26). The Kier molecular flexibility index (Phi) is 7.25. The van der Waals surface area contributed by atoms with E-state index in [1.807, 2.05) is 19.1 Å². The molecule has 7 heteroatoms. The number of pyridine rings is 1. The molecule has 3 rings (SSSR count). The molecule has 0 unspecified atom stereocenters. The molecule has 0 atom stereocenters. The summed E-state index contributed by atoms with van der Waals surface area (Å²) >= 11 is 0. The number of anilines is 1. The van der Waals surface area contributed by atoms with E-state index in [-0.39, 0.29) is 23.0 Å². The Morgan fingerprint density at radius 2 is 1.72 bits per heavy atom. The fourth-order valence-corrected chi connectivity index (χ4v) is 4.63. The van der Waals surface area contributed by atoms with E-state index in [9.17, 15) is 13.2 Å². The van der Waals surface area contributed by atoms with Gasteiger partial charge < -0.3 is 10.2 Å². The monoisotopic (exact) mass is 415 g/mol. The Balaban J connectivity index is 1.47. The molecule has 0 aliphatic carbocycles. The van der Waals surface area contributed by atoms with Crippen LogP contribution in [0.3, 0.4) is 0 Å². The zero-order valence-corrected chi connectivity index (χ0v) is 17.7. The van der Waals surface area contributed by atoms with Gasteiger partial charge in [0, 0.05) is 32.3 Å². The molecule has 1 amide bonds. The lowest BCUT2D eigenvalue weighted by Gasteiger charge is -2.21. The topological polar surface area (TPSA) is 79.4 Å². The molecule has 0 bridgehead atoms. The molecule has 1 saturated heterocycles. The summed E-state index contributed by atoms with van der Waals surface area (Å²) in [7, 11) is -3.45. The summed E-state index contributed by atoms with van der Waals surface area (Å²) in [6.07, 6.45) is 6.68. The van der Waals surface area contributed by atoms with Crippen molar-refractivity contribution in [2.24, 2.45) is 0 Å². The molecule has 0 saturated carbocycles. The Hall–Kier alpha value is -2.41. The number of sulfone groups is 1. The van der Waals surface area contributed by atoms with Crippen LogP contribution in [-0.2, 0) is 21.2 Å². The lowest BCUT2D eigenvalue weighted by atomic mass is 10.2. The van der Waals surface area contributed by atoms with Crippen molar-refractivity contribution in [1.82, 2.24) is 10.3 Å². The van der Waals surface area contributed by atoms with Gasteiger partial charge in [0.05, 0.1) is 10.6 Å². The SMILES string of the molecule is Cc1ccc(S(=O)(=O)CCC(=O)NCc2ccc(N3CCCCCC3)nc2)cc1. The summed E-state index contributed by atoms with van der Waals surface area (Å²) in [5, 5.41) is 2.78. The van der Waals surface area contributed by atoms with Gasteiger partial charge in [0.1, 0.15) is 5.82 Å². The van der Waals surface area contributed by atoms with Crippen molar-refractivity contribution in [1.29, 1.82) is 0 Å². The van der Waals surface area contributed by atoms with Gasteiger partial charge >= 0.3 is 0 Å². The number of aromatic nitrogens is 1. The molecule has 156 valence electrons. The Bertz CT molecular complexity index is 901. The summed E-state index contributed by atoms with van der Waals surface area (Å²) in [4.78, 5) is 19.2. The third kappa shape index (κ3) is 6.29. The summed E-state index contributed by atoms with van der Waals surface area (Å²) in [6, 6.07) is 10.6. The lowest BCUT2D eigenvalue weighted by molar-refractivity contribution is -0.120. The Morgan fingerprint density at radius 1 is 1.03 bits per heavy atom. The minimum atomic E-state index is -3.45. The molecular weight excluding hydrogens is 386 g/mol. The molecule has 1 aliphatic rings. The van der Waals surface area contributed by atoms with E-state index >= 15 is 0 Å². The number of carbonyl (C=O) groups is 1. The van der Waals surface area contributed by atoms with Crippen molar-refractivity contribution in [2.75, 3.05) is 23.7 Å². The van der Waals surface area contributed by atoms with Crippen molar-refractivity contribution < 1.29 is 13.2 Å². The van der Waals surface area contributed by atoms with E-state index in [1.165, 1.54) is 25.7 Å². The molecule has 1 N–H and O–H groups in total. The fraction of sp³-hybridized carbons (Fsp3) is 0.455. The second kappa shape index (κ2) is 9.87. The number of hydrogen-bond acceptors (Lipinski definition) is 5. The maximum Gasteiger partial charge on any atom is 0.221 e. The van der Waals surface area contributed by atoms with Crippen molar-refractivity contribution in [3.05, 3.63) is 53.7 Å². The minimum absolute atomic E-state index is 0.0600. The highest BCUT2D eigenvalue weighted by Crippen LogP contribution is 2.17. The fourth-order valence-electron chi connectivity index (χ4n) is 3.39. The van der Waals surface area contributed by atoms with Crippen molar-refractivity contribution >= 4 is 21.6 Å². The van der Waals surface area contributed by atoms with Crippen molar-refractivity contribution in [3.8, 4) is 0 Å². The molecule has 1 aliphatic heterocycles. The van der Waals surface area contributed by atoms with E-state index < -0.39 is 9.84 Å². The number of rotatable bonds is 7. The molecule has 1 fully saturated rings. The number of nitrogens with zero attached hydrogens (tertiary/aromatic N) is 2. The van der Waals surface area contributed by atoms with Crippen LogP contribution < -0.4 is 10.2 Å². The Morgan fingerprint density at radius 3 is 2.34 bits per heavy atom. The summed E-state index contributed by atoms with van der Waals surface area (Å²) in [6.45, 7) is 4.33. The van der Waals surface area contributed by atoms with Crippen LogP contribution in [0.15, 0.2) is 47.5 Å². The molecule has 2 heterocycles. The third-order valence-corrected chi connectivity index (χ3v) is 6.94. The quantitative estimate of drug-likeness (QED) is 0.751. The predicted octanol–water partition coefficient (Wildman–Crippen LogP) is 3.25. The predicted molar refractivity (Wildman–Crippen MR) is 115 cm³/mol. The first-order valence-corrected chi connectivity index (χ1v) is 11.9. The van der Waals surface area contributed by atoms with Crippen LogP contribution in [0.4, 0.5) is 5.82 Å². The highest BCUT2D eigenvalue weighted by Gasteiger charge is 2.16. The lowest BCUT2D eigenvalue weighted by Crippen LogP contribution is -2.26. The van der Waals surface area contributed by atoms with Crippen LogP contribution in [0.25, 0.3) is 0 Å². The van der Waals surface area contributed by atoms with Gasteiger partial charge in [-0.25, -0.2) is 13.4 Å². The summed E-state index contributed by atoms with van der Waals surface area (Å²) in [5.41, 5.74) is 1.90. The largest absolute Gasteiger partial charge is 0.357 e. The molecule has 1 aromatic heterocycles. The number of nitrogens with one attached hydrogen (secondary N) is 1. The van der Waals surface area contributed by atoms with Crippen LogP contribution in [-0.4, -0.2) is 38.2 Å². The highest BCUT2D eigenvalue weighted by molar-refractivity contribution is 7.91. The van der Waals surface area contributed by atoms with Gasteiger partial charge in [0.2, 0.25) is 5.91 Å². The number of carbonyl (C=O) groups excluding carboxylic acids is 1. The maximum absolute atomic E-state index is 12.3. The van der Waals surface area contributed by atoms with E-state index in [1.54, 1.807) is 30.5 Å². The third-order valence-electron chi connectivity index (χ3n) is 5.21. The number of amides is 1. The first-order chi connectivity index (χ1) is 13.9. The minimum Gasteiger partial charge on any atom is -0.357 e. The van der Waals surface area contributed by atoms with Crippen molar-refractivity contribution in [2.45, 2.75) is 50.5 Å². The number of benzene rings is 1. The molecule has 6 nitrogen and oxygen atoms in total. The van der Waals surface area contributed by atoms with E-state index in [2.05, 4.69) is 15.2 Å². The van der Waals surface area contributed by atoms with E-state index in [4.69, 9.17) is 0 Å². The normalized spacial score (nSPS) is 15.0. The van der Waals surface area contributed by atoms with Gasteiger partial charge in [-0.05, 0) is 43.5 Å². The van der Waals surface area contributed by atoms with Gasteiger partial charge in [-0.1, -0.05) is 36.6 Å². The molecular formula is C22H29N3O3S. The Labute approximate surface area is 173 Å². The average molecular weight is 416 g/mol. The van der Waals surface area contributed by atoms with Crippen LogP contribution in [0.1, 0.15) is 43.2 Å². The molecule has 0 radical (unpaired) electrons. The zero-order chi connectivity index (χ0) is 20.7. The number of aryl methyl sites for hydroxylation is 1. The zero-order valence-electron chi connectivity index (χ0n) is 16.9. The summed E-state index contributed by atoms with van der Waals surface area (Å²) < 4.78 is 24.7. The van der Waals surface area contributed by atoms with Crippen LogP contribution >= 0.6 is 0 Å². The maximum atomic E-state index is 12.3. The number of hydrogen-bond donors (Lipinski definition) is 1. The molecule has 2 aromatic rings. The van der Waals surface area contributed by atoms with Gasteiger partial charge in [0.15, 0.2) is 9.84 Å². The van der Waals surface area contributed by atoms with Gasteiger partial charge in [-0.3, -0.25) is 4.79 Å². The average Bonchev–Trinajstić information content (AvgIpc) is 3.01. The highest BCUT2D eigenvalue weighted by atomic mass is 32.2. The molecule has 0 spiro atoms. The first kappa shape index (κ1) is 21.3. The van der Waals surface area contributed by atoms with E-state index in [0.717, 1.165) is 30.0 Å². The van der Waals surface area contributed by atoms with Crippen molar-refractivity contribution in [3.63, 3.8) is 0 Å². The van der Waals surface area contributed by atoms with Crippen LogP contribution in [0.2, 0.25) is 0 Å².